The summed E-state index contributed by atoms with van der Waals surface area (Å²) in [6.45, 7) is 1.04. The number of nitrogens with two attached hydrogens (primary N) is 1. The van der Waals surface area contributed by atoms with E-state index in [-0.39, 0.29) is 47.1 Å². The van der Waals surface area contributed by atoms with Crippen molar-refractivity contribution in [2.75, 3.05) is 20.3 Å². The molecule has 4 aromatic rings. The zero-order valence-corrected chi connectivity index (χ0v) is 24.3. The fourth-order valence-corrected chi connectivity index (χ4v) is 5.09. The van der Waals surface area contributed by atoms with Gasteiger partial charge in [-0.2, -0.15) is 13.2 Å². The smallest absolute Gasteiger partial charge is 0.424 e. The standard InChI is InChI=1S/C31H28F4N4O6/c1-15-8-17-9-18(10-22(44-3)24(17)38-21(15)12-40)27(41)37-13-30(43,31(33,34)35)23-11-20-26(45-14-29(20,2)28(36)42)25(39-23)16-4-6-19(32)7-5-16/h4-11,40,43H,12-14H2,1-3H3,(H2,36,42)(H,37,41)/t29-,30-/m0/s1. The van der Waals surface area contributed by atoms with E-state index in [0.29, 0.717) is 22.2 Å². The minimum atomic E-state index is -5.38. The molecule has 0 spiro atoms. The Bertz CT molecular complexity index is 1830. The van der Waals surface area contributed by atoms with Crippen molar-refractivity contribution < 1.29 is 46.8 Å². The van der Waals surface area contributed by atoms with Gasteiger partial charge in [-0.15, -0.1) is 0 Å². The van der Waals surface area contributed by atoms with Gasteiger partial charge < -0.3 is 30.7 Å². The van der Waals surface area contributed by atoms with Crippen LogP contribution in [0.25, 0.3) is 22.2 Å². The lowest BCUT2D eigenvalue weighted by molar-refractivity contribution is -0.265. The molecule has 0 saturated carbocycles. The van der Waals surface area contributed by atoms with Crippen molar-refractivity contribution in [2.24, 2.45) is 5.73 Å². The van der Waals surface area contributed by atoms with Crippen molar-refractivity contribution in [1.29, 1.82) is 0 Å². The van der Waals surface area contributed by atoms with Crippen LogP contribution >= 0.6 is 0 Å². The Hall–Kier alpha value is -4.82. The number of aromatic nitrogens is 2. The van der Waals surface area contributed by atoms with Crippen molar-refractivity contribution in [1.82, 2.24) is 15.3 Å². The van der Waals surface area contributed by atoms with Gasteiger partial charge in [-0.1, -0.05) is 0 Å². The third kappa shape index (κ3) is 5.40. The summed E-state index contributed by atoms with van der Waals surface area (Å²) < 4.78 is 68.8. The minimum absolute atomic E-state index is 0.0447. The van der Waals surface area contributed by atoms with Crippen LogP contribution in [-0.4, -0.2) is 58.4 Å². The van der Waals surface area contributed by atoms with Gasteiger partial charge in [0, 0.05) is 22.1 Å². The van der Waals surface area contributed by atoms with Crippen LogP contribution in [0.15, 0.2) is 48.5 Å². The molecular formula is C31H28F4N4O6. The lowest BCUT2D eigenvalue weighted by Gasteiger charge is -2.31. The third-order valence-corrected chi connectivity index (χ3v) is 7.94. The summed E-state index contributed by atoms with van der Waals surface area (Å²) in [4.78, 5) is 34.1. The summed E-state index contributed by atoms with van der Waals surface area (Å²) in [5, 5.41) is 23.4. The first kappa shape index (κ1) is 31.6. The minimum Gasteiger partial charge on any atom is -0.494 e. The van der Waals surface area contributed by atoms with E-state index in [2.05, 4.69) is 15.3 Å². The van der Waals surface area contributed by atoms with Crippen LogP contribution < -0.4 is 20.5 Å². The quantitative estimate of drug-likeness (QED) is 0.216. The number of benzene rings is 2. The van der Waals surface area contributed by atoms with Gasteiger partial charge in [-0.05, 0) is 67.9 Å². The SMILES string of the molecule is COc1cc(C(=O)NC[C@](O)(c2cc3c(c(-c4ccc(F)cc4)n2)OC[C@]3(C)C(N)=O)C(F)(F)F)cc2cc(C)c(CO)nc12. The molecule has 3 heterocycles. The van der Waals surface area contributed by atoms with Crippen molar-refractivity contribution in [3.05, 3.63) is 82.4 Å². The molecule has 0 saturated heterocycles. The predicted molar refractivity (Wildman–Crippen MR) is 153 cm³/mol. The van der Waals surface area contributed by atoms with Gasteiger partial charge in [0.15, 0.2) is 0 Å². The van der Waals surface area contributed by atoms with Crippen molar-refractivity contribution in [3.8, 4) is 22.8 Å². The number of pyridine rings is 2. The number of halogens is 4. The zero-order chi connectivity index (χ0) is 32.9. The summed E-state index contributed by atoms with van der Waals surface area (Å²) in [5.41, 5.74) is 0.434. The van der Waals surface area contributed by atoms with Crippen LogP contribution in [0.2, 0.25) is 0 Å². The summed E-state index contributed by atoms with van der Waals surface area (Å²) in [6, 6.07) is 9.82. The van der Waals surface area contributed by atoms with Crippen LogP contribution in [0.3, 0.4) is 0 Å². The molecule has 10 nitrogen and oxygen atoms in total. The number of nitrogens with zero attached hydrogens (tertiary/aromatic N) is 2. The number of methoxy groups -OCH3 is 1. The van der Waals surface area contributed by atoms with Gasteiger partial charge in [0.2, 0.25) is 11.5 Å². The number of aliphatic hydroxyl groups excluding tert-OH is 1. The number of carbonyl (C=O) groups excluding carboxylic acids is 2. The van der Waals surface area contributed by atoms with E-state index < -0.39 is 47.1 Å². The summed E-state index contributed by atoms with van der Waals surface area (Å²) in [6.07, 6.45) is -5.38. The second kappa shape index (κ2) is 11.3. The highest BCUT2D eigenvalue weighted by Gasteiger charge is 2.57. The van der Waals surface area contributed by atoms with Gasteiger partial charge >= 0.3 is 6.18 Å². The summed E-state index contributed by atoms with van der Waals surface area (Å²) in [5.74, 6) is -2.40. The highest BCUT2D eigenvalue weighted by molar-refractivity contribution is 6.00. The molecule has 0 aliphatic carbocycles. The summed E-state index contributed by atoms with van der Waals surface area (Å²) in [7, 11) is 1.32. The Balaban J connectivity index is 1.58. The number of aryl methyl sites for hydroxylation is 1. The Morgan fingerprint density at radius 1 is 1.13 bits per heavy atom. The molecule has 1 aliphatic rings. The maximum absolute atomic E-state index is 14.7. The van der Waals surface area contributed by atoms with E-state index >= 15 is 0 Å². The molecule has 2 amide bonds. The first-order valence-corrected chi connectivity index (χ1v) is 13.5. The lowest BCUT2D eigenvalue weighted by atomic mass is 9.81. The van der Waals surface area contributed by atoms with Crippen LogP contribution in [0.1, 0.15) is 39.8 Å². The molecule has 5 rings (SSSR count). The molecule has 0 bridgehead atoms. The number of ether oxygens (including phenoxy) is 2. The number of aliphatic hydroxyl groups is 2. The topological polar surface area (TPSA) is 157 Å². The van der Waals surface area contributed by atoms with Gasteiger partial charge in [0.25, 0.3) is 5.91 Å². The molecule has 236 valence electrons. The maximum atomic E-state index is 14.7. The number of hydrogen-bond acceptors (Lipinski definition) is 8. The van der Waals surface area contributed by atoms with E-state index in [9.17, 15) is 37.4 Å². The Morgan fingerprint density at radius 2 is 1.82 bits per heavy atom. The molecule has 0 fully saturated rings. The van der Waals surface area contributed by atoms with Gasteiger partial charge in [0.05, 0.1) is 31.6 Å². The van der Waals surface area contributed by atoms with Crippen molar-refractivity contribution in [2.45, 2.75) is 37.6 Å². The molecule has 14 heteroatoms. The van der Waals surface area contributed by atoms with Crippen molar-refractivity contribution in [3.63, 3.8) is 0 Å². The normalized spacial score (nSPS) is 17.4. The highest BCUT2D eigenvalue weighted by atomic mass is 19.4. The molecule has 1 aliphatic heterocycles. The van der Waals surface area contributed by atoms with Crippen LogP contribution in [-0.2, 0) is 22.4 Å². The molecule has 2 aromatic heterocycles. The number of primary amides is 1. The molecule has 5 N–H and O–H groups in total. The average Bonchev–Trinajstić information content (AvgIpc) is 3.35. The zero-order valence-electron chi connectivity index (χ0n) is 24.3. The molecular weight excluding hydrogens is 600 g/mol. The number of hydrogen-bond donors (Lipinski definition) is 4. The second-order valence-electron chi connectivity index (χ2n) is 10.9. The summed E-state index contributed by atoms with van der Waals surface area (Å²) >= 11 is 0. The van der Waals surface area contributed by atoms with E-state index in [1.165, 1.54) is 38.3 Å². The van der Waals surface area contributed by atoms with Crippen LogP contribution in [0.4, 0.5) is 17.6 Å². The highest BCUT2D eigenvalue weighted by Crippen LogP contribution is 2.47. The molecule has 45 heavy (non-hydrogen) atoms. The third-order valence-electron chi connectivity index (χ3n) is 7.94. The molecule has 2 atom stereocenters. The number of nitrogens with one attached hydrogen (secondary N) is 1. The fourth-order valence-electron chi connectivity index (χ4n) is 5.09. The van der Waals surface area contributed by atoms with E-state index in [1.807, 2.05) is 0 Å². The fraction of sp³-hybridized carbons (Fsp3) is 0.290. The largest absolute Gasteiger partial charge is 0.494 e. The number of rotatable bonds is 8. The van der Waals surface area contributed by atoms with Crippen molar-refractivity contribution >= 4 is 22.7 Å². The average molecular weight is 629 g/mol. The molecule has 2 aromatic carbocycles. The van der Waals surface area contributed by atoms with Gasteiger partial charge in [0.1, 0.15) is 40.5 Å². The first-order chi connectivity index (χ1) is 21.1. The number of fused-ring (bicyclic) bond motifs is 2. The molecule has 0 unspecified atom stereocenters. The Kier molecular flexibility index (Phi) is 7.92. The number of alkyl halides is 3. The number of amides is 2. The Labute approximate surface area is 253 Å². The first-order valence-electron chi connectivity index (χ1n) is 13.5. The van der Waals surface area contributed by atoms with Gasteiger partial charge in [-0.25, -0.2) is 14.4 Å². The second-order valence-corrected chi connectivity index (χ2v) is 10.9. The van der Waals surface area contributed by atoms with Crippen LogP contribution in [0.5, 0.6) is 11.5 Å². The number of carbonyl (C=O) groups is 2. The van der Waals surface area contributed by atoms with Gasteiger partial charge in [-0.3, -0.25) is 9.59 Å². The molecule has 0 radical (unpaired) electrons. The van der Waals surface area contributed by atoms with E-state index in [0.717, 1.165) is 18.2 Å². The van der Waals surface area contributed by atoms with E-state index in [4.69, 9.17) is 15.2 Å². The van der Waals surface area contributed by atoms with E-state index in [1.54, 1.807) is 13.0 Å². The predicted octanol–water partition coefficient (Wildman–Crippen LogP) is 3.56. The monoisotopic (exact) mass is 628 g/mol. The Morgan fingerprint density at radius 3 is 2.42 bits per heavy atom. The maximum Gasteiger partial charge on any atom is 0.424 e. The lowest BCUT2D eigenvalue weighted by Crippen LogP contribution is -2.51. The van der Waals surface area contributed by atoms with Crippen LogP contribution in [0, 0.1) is 12.7 Å².